The number of rotatable bonds is 3. The summed E-state index contributed by atoms with van der Waals surface area (Å²) in [6.45, 7) is 0.370. The van der Waals surface area contributed by atoms with Crippen molar-refractivity contribution in [1.82, 2.24) is 4.90 Å². The van der Waals surface area contributed by atoms with Gasteiger partial charge in [-0.2, -0.15) is 0 Å². The van der Waals surface area contributed by atoms with E-state index in [1.807, 2.05) is 0 Å². The largest absolute Gasteiger partial charge is 0.481 e. The van der Waals surface area contributed by atoms with Crippen LogP contribution in [-0.4, -0.2) is 47.7 Å². The van der Waals surface area contributed by atoms with E-state index in [1.165, 1.54) is 0 Å². The van der Waals surface area contributed by atoms with Crippen LogP contribution in [0.3, 0.4) is 0 Å². The number of methoxy groups -OCH3 is 1. The monoisotopic (exact) mass is 213 g/mol. The first kappa shape index (κ1) is 10.4. The Hall–Kier alpha value is -1.10. The number of aliphatic carboxylic acids is 1. The van der Waals surface area contributed by atoms with Crippen LogP contribution in [0.25, 0.3) is 0 Å². The van der Waals surface area contributed by atoms with Crippen molar-refractivity contribution in [2.24, 2.45) is 5.92 Å². The minimum Gasteiger partial charge on any atom is -0.481 e. The molecule has 0 spiro atoms. The number of carboxylic acids is 1. The van der Waals surface area contributed by atoms with Gasteiger partial charge < -0.3 is 14.7 Å². The maximum Gasteiger partial charge on any atom is 0.308 e. The van der Waals surface area contributed by atoms with Crippen molar-refractivity contribution in [2.45, 2.75) is 31.4 Å². The van der Waals surface area contributed by atoms with Crippen molar-refractivity contribution in [3.8, 4) is 0 Å². The standard InChI is InChI=1S/C10H15NO4/c1-15-8-3-7(4-8)11-5-6(10(13)14)2-9(11)12/h6-8H,2-5H2,1H3,(H,13,14). The van der Waals surface area contributed by atoms with Gasteiger partial charge in [0.15, 0.2) is 0 Å². The highest BCUT2D eigenvalue weighted by Crippen LogP contribution is 2.32. The average molecular weight is 213 g/mol. The van der Waals surface area contributed by atoms with Crippen LogP contribution < -0.4 is 0 Å². The van der Waals surface area contributed by atoms with E-state index >= 15 is 0 Å². The van der Waals surface area contributed by atoms with Crippen LogP contribution >= 0.6 is 0 Å². The van der Waals surface area contributed by atoms with Gasteiger partial charge in [-0.1, -0.05) is 0 Å². The third kappa shape index (κ3) is 1.84. The van der Waals surface area contributed by atoms with Gasteiger partial charge in [0.2, 0.25) is 5.91 Å². The molecule has 1 amide bonds. The second-order valence-electron chi connectivity index (χ2n) is 4.27. The molecular formula is C10H15NO4. The van der Waals surface area contributed by atoms with Gasteiger partial charge in [-0.3, -0.25) is 9.59 Å². The number of ether oxygens (including phenoxy) is 1. The first-order valence-electron chi connectivity index (χ1n) is 5.17. The number of likely N-dealkylation sites (tertiary alicyclic amines) is 1. The minimum atomic E-state index is -0.867. The predicted molar refractivity (Wildman–Crippen MR) is 51.3 cm³/mol. The SMILES string of the molecule is COC1CC(N2CC(C(=O)O)CC2=O)C1. The summed E-state index contributed by atoms with van der Waals surface area (Å²) in [6, 6.07) is 0.201. The molecule has 1 unspecified atom stereocenters. The zero-order valence-corrected chi connectivity index (χ0v) is 8.68. The van der Waals surface area contributed by atoms with Gasteiger partial charge in [0.1, 0.15) is 0 Å². The Morgan fingerprint density at radius 3 is 2.67 bits per heavy atom. The fraction of sp³-hybridized carbons (Fsp3) is 0.800. The van der Waals surface area contributed by atoms with Crippen LogP contribution in [-0.2, 0) is 14.3 Å². The van der Waals surface area contributed by atoms with Crippen LogP contribution in [0.5, 0.6) is 0 Å². The van der Waals surface area contributed by atoms with Gasteiger partial charge in [0.05, 0.1) is 12.0 Å². The molecule has 2 rings (SSSR count). The molecule has 84 valence electrons. The summed E-state index contributed by atoms with van der Waals surface area (Å²) >= 11 is 0. The van der Waals surface area contributed by atoms with Gasteiger partial charge in [-0.05, 0) is 12.8 Å². The highest BCUT2D eigenvalue weighted by molar-refractivity contribution is 5.86. The van der Waals surface area contributed by atoms with E-state index in [4.69, 9.17) is 9.84 Å². The summed E-state index contributed by atoms with van der Waals surface area (Å²) < 4.78 is 5.13. The summed E-state index contributed by atoms with van der Waals surface area (Å²) in [5.41, 5.74) is 0. The molecule has 1 aliphatic carbocycles. The predicted octanol–water partition coefficient (Wildman–Crippen LogP) is 0.0969. The molecule has 1 aliphatic heterocycles. The quantitative estimate of drug-likeness (QED) is 0.722. The topological polar surface area (TPSA) is 66.8 Å². The van der Waals surface area contributed by atoms with E-state index in [-0.39, 0.29) is 24.5 Å². The Kier molecular flexibility index (Phi) is 2.65. The van der Waals surface area contributed by atoms with E-state index in [1.54, 1.807) is 12.0 Å². The van der Waals surface area contributed by atoms with E-state index in [0.717, 1.165) is 12.8 Å². The van der Waals surface area contributed by atoms with Crippen LogP contribution in [0.2, 0.25) is 0 Å². The highest BCUT2D eigenvalue weighted by Gasteiger charge is 2.42. The van der Waals surface area contributed by atoms with Gasteiger partial charge >= 0.3 is 5.97 Å². The fourth-order valence-corrected chi connectivity index (χ4v) is 2.23. The van der Waals surface area contributed by atoms with E-state index < -0.39 is 11.9 Å². The summed E-state index contributed by atoms with van der Waals surface area (Å²) in [5.74, 6) is -1.41. The van der Waals surface area contributed by atoms with Gasteiger partial charge in [0, 0.05) is 26.1 Å². The van der Waals surface area contributed by atoms with Gasteiger partial charge in [0.25, 0.3) is 0 Å². The number of hydrogen-bond acceptors (Lipinski definition) is 3. The van der Waals surface area contributed by atoms with Crippen LogP contribution in [0.15, 0.2) is 0 Å². The normalized spacial score (nSPS) is 35.4. The number of nitrogens with zero attached hydrogens (tertiary/aromatic N) is 1. The molecular weight excluding hydrogens is 198 g/mol. The Morgan fingerprint density at radius 2 is 2.20 bits per heavy atom. The zero-order chi connectivity index (χ0) is 11.0. The second kappa shape index (κ2) is 3.81. The lowest BCUT2D eigenvalue weighted by atomic mass is 9.88. The third-order valence-electron chi connectivity index (χ3n) is 3.35. The summed E-state index contributed by atoms with van der Waals surface area (Å²) in [6.07, 6.45) is 2.08. The first-order chi connectivity index (χ1) is 7.11. The van der Waals surface area contributed by atoms with Crippen molar-refractivity contribution in [3.05, 3.63) is 0 Å². The van der Waals surface area contributed by atoms with Crippen LogP contribution in [0.4, 0.5) is 0 Å². The number of carboxylic acid groups (broad SMARTS) is 1. The molecule has 5 heteroatoms. The molecule has 1 saturated carbocycles. The Balaban J connectivity index is 1.90. The summed E-state index contributed by atoms with van der Waals surface area (Å²) in [7, 11) is 1.66. The highest BCUT2D eigenvalue weighted by atomic mass is 16.5. The third-order valence-corrected chi connectivity index (χ3v) is 3.35. The molecule has 0 bridgehead atoms. The molecule has 1 atom stereocenters. The molecule has 2 fully saturated rings. The van der Waals surface area contributed by atoms with Crippen molar-refractivity contribution >= 4 is 11.9 Å². The smallest absolute Gasteiger partial charge is 0.308 e. The minimum absolute atomic E-state index is 0.0260. The molecule has 2 aliphatic rings. The van der Waals surface area contributed by atoms with Crippen molar-refractivity contribution < 1.29 is 19.4 Å². The number of carbonyl (C=O) groups excluding carboxylic acids is 1. The Morgan fingerprint density at radius 1 is 1.53 bits per heavy atom. The Bertz CT molecular complexity index is 285. The molecule has 0 aromatic rings. The second-order valence-corrected chi connectivity index (χ2v) is 4.27. The molecule has 1 saturated heterocycles. The molecule has 0 radical (unpaired) electrons. The molecule has 0 aromatic heterocycles. The van der Waals surface area contributed by atoms with E-state index in [9.17, 15) is 9.59 Å². The summed E-state index contributed by atoms with van der Waals surface area (Å²) in [5, 5.41) is 8.82. The number of carbonyl (C=O) groups is 2. The van der Waals surface area contributed by atoms with Crippen molar-refractivity contribution in [1.29, 1.82) is 0 Å². The maximum atomic E-state index is 11.5. The van der Waals surface area contributed by atoms with Crippen LogP contribution in [0.1, 0.15) is 19.3 Å². The molecule has 15 heavy (non-hydrogen) atoms. The van der Waals surface area contributed by atoms with Crippen molar-refractivity contribution in [3.63, 3.8) is 0 Å². The van der Waals surface area contributed by atoms with Crippen LogP contribution in [0, 0.1) is 5.92 Å². The summed E-state index contributed by atoms with van der Waals surface area (Å²) in [4.78, 5) is 24.0. The lowest BCUT2D eigenvalue weighted by Crippen LogP contribution is -2.48. The molecule has 0 aromatic carbocycles. The molecule has 1 heterocycles. The van der Waals surface area contributed by atoms with Crippen molar-refractivity contribution in [2.75, 3.05) is 13.7 Å². The van der Waals surface area contributed by atoms with Gasteiger partial charge in [-0.15, -0.1) is 0 Å². The van der Waals surface area contributed by atoms with E-state index in [0.29, 0.717) is 6.54 Å². The average Bonchev–Trinajstić information content (AvgIpc) is 2.47. The first-order valence-corrected chi connectivity index (χ1v) is 5.17. The lowest BCUT2D eigenvalue weighted by Gasteiger charge is -2.40. The zero-order valence-electron chi connectivity index (χ0n) is 8.68. The molecule has 1 N–H and O–H groups in total. The maximum absolute atomic E-state index is 11.5. The number of amides is 1. The molecule has 5 nitrogen and oxygen atoms in total. The van der Waals surface area contributed by atoms with Gasteiger partial charge in [-0.25, -0.2) is 0 Å². The number of hydrogen-bond donors (Lipinski definition) is 1. The van der Waals surface area contributed by atoms with E-state index in [2.05, 4.69) is 0 Å². The fourth-order valence-electron chi connectivity index (χ4n) is 2.23. The lowest BCUT2D eigenvalue weighted by molar-refractivity contribution is -0.141. The Labute approximate surface area is 88.0 Å².